The van der Waals surface area contributed by atoms with Gasteiger partial charge in [0.1, 0.15) is 0 Å². The summed E-state index contributed by atoms with van der Waals surface area (Å²) in [6.07, 6.45) is 0. The van der Waals surface area contributed by atoms with E-state index >= 15 is 0 Å². The highest BCUT2D eigenvalue weighted by Gasteiger charge is 2.26. The Labute approximate surface area is 162 Å². The van der Waals surface area contributed by atoms with Gasteiger partial charge in [-0.3, -0.25) is 4.79 Å². The highest BCUT2D eigenvalue weighted by Crippen LogP contribution is 2.29. The zero-order valence-corrected chi connectivity index (χ0v) is 16.4. The number of hydrogen-bond acceptors (Lipinski definition) is 5. The van der Waals surface area contributed by atoms with E-state index in [-0.39, 0.29) is 5.91 Å². The van der Waals surface area contributed by atoms with Crippen LogP contribution in [0, 0.1) is 13.8 Å². The standard InChI is InChI=1S/C19H21ClN6O/c1-12-16(14-5-4-6-15(20)11-14)18-22-21-17(13(2)26(18)23-12)19(27)25-9-7-24(3)8-10-25/h4-6,11H,7-10H2,1-3H3. The van der Waals surface area contributed by atoms with E-state index < -0.39 is 0 Å². The van der Waals surface area contributed by atoms with Crippen LogP contribution in [0.3, 0.4) is 0 Å². The van der Waals surface area contributed by atoms with Crippen LogP contribution in [0.2, 0.25) is 5.02 Å². The van der Waals surface area contributed by atoms with Crippen LogP contribution in [0.15, 0.2) is 24.3 Å². The van der Waals surface area contributed by atoms with Crippen LogP contribution in [0.5, 0.6) is 0 Å². The van der Waals surface area contributed by atoms with Crippen molar-refractivity contribution in [2.75, 3.05) is 33.2 Å². The number of piperazine rings is 1. The lowest BCUT2D eigenvalue weighted by Crippen LogP contribution is -2.47. The first-order valence-electron chi connectivity index (χ1n) is 8.92. The topological polar surface area (TPSA) is 66.6 Å². The second-order valence-electron chi connectivity index (χ2n) is 6.94. The Kier molecular flexibility index (Phi) is 4.57. The SMILES string of the molecule is Cc1nn2c(C)c(C(=O)N3CCN(C)CC3)nnc2c1-c1cccc(Cl)c1. The van der Waals surface area contributed by atoms with Gasteiger partial charge in [0.25, 0.3) is 5.91 Å². The van der Waals surface area contributed by atoms with Crippen LogP contribution in [0.1, 0.15) is 21.9 Å². The number of halogens is 1. The Balaban J connectivity index is 1.76. The lowest BCUT2D eigenvalue weighted by Gasteiger charge is -2.32. The van der Waals surface area contributed by atoms with E-state index in [2.05, 4.69) is 27.2 Å². The first-order chi connectivity index (χ1) is 13.0. The highest BCUT2D eigenvalue weighted by molar-refractivity contribution is 6.30. The van der Waals surface area contributed by atoms with E-state index in [0.29, 0.717) is 35.1 Å². The summed E-state index contributed by atoms with van der Waals surface area (Å²) >= 11 is 6.14. The number of carbonyl (C=O) groups excluding carboxylic acids is 1. The number of aryl methyl sites for hydroxylation is 2. The Bertz CT molecular complexity index is 1020. The van der Waals surface area contributed by atoms with Crippen LogP contribution < -0.4 is 0 Å². The van der Waals surface area contributed by atoms with E-state index in [9.17, 15) is 4.79 Å². The normalized spacial score (nSPS) is 15.5. The molecular weight excluding hydrogens is 364 g/mol. The number of nitrogens with zero attached hydrogens (tertiary/aromatic N) is 6. The van der Waals surface area contributed by atoms with Gasteiger partial charge in [0, 0.05) is 31.2 Å². The van der Waals surface area contributed by atoms with Gasteiger partial charge in [-0.1, -0.05) is 23.7 Å². The Morgan fingerprint density at radius 3 is 2.56 bits per heavy atom. The fraction of sp³-hybridized carbons (Fsp3) is 0.368. The lowest BCUT2D eigenvalue weighted by atomic mass is 10.1. The zero-order valence-electron chi connectivity index (χ0n) is 15.6. The summed E-state index contributed by atoms with van der Waals surface area (Å²) in [5, 5.41) is 13.9. The monoisotopic (exact) mass is 384 g/mol. The van der Waals surface area contributed by atoms with Gasteiger partial charge in [0.15, 0.2) is 11.3 Å². The predicted octanol–water partition coefficient (Wildman–Crippen LogP) is 2.45. The predicted molar refractivity (Wildman–Crippen MR) is 104 cm³/mol. The van der Waals surface area contributed by atoms with Gasteiger partial charge in [-0.15, -0.1) is 10.2 Å². The molecule has 1 aliphatic heterocycles. The number of fused-ring (bicyclic) bond motifs is 1. The van der Waals surface area contributed by atoms with Crippen LogP contribution in [-0.2, 0) is 0 Å². The highest BCUT2D eigenvalue weighted by atomic mass is 35.5. The van der Waals surface area contributed by atoms with Crippen molar-refractivity contribution in [2.24, 2.45) is 0 Å². The van der Waals surface area contributed by atoms with E-state index in [4.69, 9.17) is 11.6 Å². The number of amides is 1. The second-order valence-corrected chi connectivity index (χ2v) is 7.37. The quantitative estimate of drug-likeness (QED) is 0.679. The van der Waals surface area contributed by atoms with Crippen LogP contribution in [-0.4, -0.2) is 68.7 Å². The molecule has 140 valence electrons. The van der Waals surface area contributed by atoms with Gasteiger partial charge < -0.3 is 9.80 Å². The number of hydrogen-bond donors (Lipinski definition) is 0. The molecule has 0 unspecified atom stereocenters. The summed E-state index contributed by atoms with van der Waals surface area (Å²) in [4.78, 5) is 17.0. The average Bonchev–Trinajstić information content (AvgIpc) is 2.99. The molecule has 3 aromatic rings. The van der Waals surface area contributed by atoms with Gasteiger partial charge in [0.2, 0.25) is 0 Å². The number of likely N-dealkylation sites (N-methyl/N-ethyl adjacent to an activating group) is 1. The molecule has 0 spiro atoms. The largest absolute Gasteiger partial charge is 0.335 e. The lowest BCUT2D eigenvalue weighted by molar-refractivity contribution is 0.0655. The number of benzene rings is 1. The van der Waals surface area contributed by atoms with E-state index in [0.717, 1.165) is 29.9 Å². The minimum absolute atomic E-state index is 0.0903. The van der Waals surface area contributed by atoms with Crippen molar-refractivity contribution in [2.45, 2.75) is 13.8 Å². The minimum atomic E-state index is -0.0903. The summed E-state index contributed by atoms with van der Waals surface area (Å²) < 4.78 is 1.71. The molecule has 1 aliphatic rings. The fourth-order valence-electron chi connectivity index (χ4n) is 3.45. The third kappa shape index (κ3) is 3.17. The molecule has 27 heavy (non-hydrogen) atoms. The zero-order chi connectivity index (χ0) is 19.1. The van der Waals surface area contributed by atoms with Gasteiger partial charge in [-0.2, -0.15) is 5.10 Å². The third-order valence-corrected chi connectivity index (χ3v) is 5.28. The maximum atomic E-state index is 12.9. The Hall–Kier alpha value is -2.51. The molecule has 0 radical (unpaired) electrons. The summed E-state index contributed by atoms with van der Waals surface area (Å²) in [7, 11) is 2.06. The molecule has 3 heterocycles. The molecule has 1 aromatic carbocycles. The van der Waals surface area contributed by atoms with Crippen LogP contribution in [0.25, 0.3) is 16.8 Å². The van der Waals surface area contributed by atoms with Gasteiger partial charge >= 0.3 is 0 Å². The van der Waals surface area contributed by atoms with Crippen LogP contribution in [0.4, 0.5) is 0 Å². The maximum Gasteiger partial charge on any atom is 0.276 e. The summed E-state index contributed by atoms with van der Waals surface area (Å²) in [6.45, 7) is 6.90. The molecule has 4 rings (SSSR count). The smallest absolute Gasteiger partial charge is 0.276 e. The van der Waals surface area contributed by atoms with Crippen molar-refractivity contribution in [3.8, 4) is 11.1 Å². The van der Waals surface area contributed by atoms with Crippen molar-refractivity contribution in [3.05, 3.63) is 46.4 Å². The molecule has 8 heteroatoms. The van der Waals surface area contributed by atoms with Crippen molar-refractivity contribution in [1.29, 1.82) is 0 Å². The molecule has 0 N–H and O–H groups in total. The number of aromatic nitrogens is 4. The Morgan fingerprint density at radius 1 is 1.11 bits per heavy atom. The van der Waals surface area contributed by atoms with E-state index in [1.165, 1.54) is 0 Å². The summed E-state index contributed by atoms with van der Waals surface area (Å²) in [5.41, 5.74) is 4.31. The first-order valence-corrected chi connectivity index (χ1v) is 9.30. The molecule has 2 aromatic heterocycles. The molecule has 0 bridgehead atoms. The van der Waals surface area contributed by atoms with Gasteiger partial charge in [-0.05, 0) is 38.6 Å². The molecule has 0 atom stereocenters. The molecule has 0 saturated carbocycles. The van der Waals surface area contributed by atoms with Crippen molar-refractivity contribution < 1.29 is 4.79 Å². The number of rotatable bonds is 2. The Morgan fingerprint density at radius 2 is 1.85 bits per heavy atom. The molecular formula is C19H21ClN6O. The first kappa shape index (κ1) is 17.9. The average molecular weight is 385 g/mol. The van der Waals surface area contributed by atoms with Crippen LogP contribution >= 0.6 is 11.6 Å². The molecule has 1 amide bonds. The summed E-state index contributed by atoms with van der Waals surface area (Å²) in [5.74, 6) is -0.0903. The number of carbonyl (C=O) groups is 1. The maximum absolute atomic E-state index is 12.9. The van der Waals surface area contributed by atoms with Crippen molar-refractivity contribution >= 4 is 23.2 Å². The van der Waals surface area contributed by atoms with Crippen molar-refractivity contribution in [1.82, 2.24) is 29.6 Å². The van der Waals surface area contributed by atoms with E-state index in [1.54, 1.807) is 4.52 Å². The molecule has 7 nitrogen and oxygen atoms in total. The van der Waals surface area contributed by atoms with Gasteiger partial charge in [-0.25, -0.2) is 4.52 Å². The molecule has 1 saturated heterocycles. The van der Waals surface area contributed by atoms with E-state index in [1.807, 2.05) is 43.0 Å². The second kappa shape index (κ2) is 6.90. The van der Waals surface area contributed by atoms with Crippen molar-refractivity contribution in [3.63, 3.8) is 0 Å². The molecule has 0 aliphatic carbocycles. The molecule has 1 fully saturated rings. The minimum Gasteiger partial charge on any atom is -0.335 e. The third-order valence-electron chi connectivity index (χ3n) is 5.05. The fourth-order valence-corrected chi connectivity index (χ4v) is 3.64. The summed E-state index contributed by atoms with van der Waals surface area (Å²) in [6, 6.07) is 7.57. The van der Waals surface area contributed by atoms with Gasteiger partial charge in [0.05, 0.1) is 17.0 Å².